The predicted octanol–water partition coefficient (Wildman–Crippen LogP) is 3.44. The van der Waals surface area contributed by atoms with Crippen molar-refractivity contribution in [3.63, 3.8) is 0 Å². The van der Waals surface area contributed by atoms with Crippen molar-refractivity contribution in [2.24, 2.45) is 0 Å². The van der Waals surface area contributed by atoms with Crippen LogP contribution in [0.3, 0.4) is 0 Å². The lowest BCUT2D eigenvalue weighted by molar-refractivity contribution is -0.162. The number of benzene rings is 3. The van der Waals surface area contributed by atoms with E-state index in [2.05, 4.69) is 10.1 Å². The summed E-state index contributed by atoms with van der Waals surface area (Å²) in [5.74, 6) is -2.30. The molecule has 1 fully saturated rings. The third-order valence-electron chi connectivity index (χ3n) is 6.44. The average Bonchev–Trinajstić information content (AvgIpc) is 2.90. The third-order valence-corrected chi connectivity index (χ3v) is 8.23. The first-order chi connectivity index (χ1) is 19.9. The van der Waals surface area contributed by atoms with E-state index in [0.29, 0.717) is 5.56 Å². The van der Waals surface area contributed by atoms with E-state index in [0.717, 1.165) is 12.5 Å². The van der Waals surface area contributed by atoms with Crippen LogP contribution in [-0.4, -0.2) is 61.3 Å². The Labute approximate surface area is 241 Å². The monoisotopic (exact) mass is 600 g/mol. The van der Waals surface area contributed by atoms with Gasteiger partial charge in [-0.1, -0.05) is 48.5 Å². The Kier molecular flexibility index (Phi) is 9.12. The zero-order valence-corrected chi connectivity index (χ0v) is 23.5. The molecule has 0 aromatic heterocycles. The Morgan fingerprint density at radius 3 is 2.33 bits per heavy atom. The second-order valence-corrected chi connectivity index (χ2v) is 11.6. The van der Waals surface area contributed by atoms with Gasteiger partial charge in [0.15, 0.2) is 5.60 Å². The van der Waals surface area contributed by atoms with Crippen molar-refractivity contribution in [2.75, 3.05) is 13.1 Å². The summed E-state index contributed by atoms with van der Waals surface area (Å²) in [4.78, 5) is 34.8. The molecule has 1 unspecified atom stereocenters. The summed E-state index contributed by atoms with van der Waals surface area (Å²) >= 11 is 0. The molecule has 0 aliphatic carbocycles. The first-order valence-electron chi connectivity index (χ1n) is 12.8. The number of nitrogens with one attached hydrogen (secondary N) is 1. The van der Waals surface area contributed by atoms with Gasteiger partial charge in [0.2, 0.25) is 16.3 Å². The highest BCUT2D eigenvalue weighted by Gasteiger charge is 2.52. The van der Waals surface area contributed by atoms with E-state index in [1.807, 2.05) is 6.07 Å². The number of carbonyl (C=O) groups is 3. The van der Waals surface area contributed by atoms with Crippen molar-refractivity contribution in [1.29, 1.82) is 0 Å². The average molecular weight is 601 g/mol. The van der Waals surface area contributed by atoms with E-state index in [1.54, 1.807) is 30.3 Å². The Hall–Kier alpha value is -4.49. The first-order valence-corrected chi connectivity index (χ1v) is 14.3. The number of hydrogen-bond acceptors (Lipinski definition) is 8. The van der Waals surface area contributed by atoms with Crippen LogP contribution < -0.4 is 10.1 Å². The van der Waals surface area contributed by atoms with Gasteiger partial charge in [0, 0.05) is 26.3 Å². The first kappa shape index (κ1) is 30.5. The fraction of sp³-hybridized carbons (Fsp3) is 0.276. The number of hydrogen-bond donors (Lipinski definition) is 2. The van der Waals surface area contributed by atoms with Gasteiger partial charge in [-0.25, -0.2) is 22.4 Å². The summed E-state index contributed by atoms with van der Waals surface area (Å²) < 4.78 is 57.9. The number of halogens is 1. The van der Waals surface area contributed by atoms with Crippen LogP contribution in [0.15, 0.2) is 83.8 Å². The SMILES string of the molecule is CC(=O)O[C@H](C)OC(=O)NC(Cc1cccc(S(=O)(=O)N2CC(Oc3cccc(F)c3)(c3ccccc3)C2)c1)C(=O)O. The molecule has 0 bridgehead atoms. The summed E-state index contributed by atoms with van der Waals surface area (Å²) in [5, 5.41) is 11.8. The molecule has 1 amide bonds. The molecule has 3 aromatic rings. The van der Waals surface area contributed by atoms with Crippen molar-refractivity contribution in [1.82, 2.24) is 9.62 Å². The van der Waals surface area contributed by atoms with E-state index >= 15 is 0 Å². The second-order valence-electron chi connectivity index (χ2n) is 9.66. The number of alkyl carbamates (subject to hydrolysis) is 1. The van der Waals surface area contributed by atoms with Gasteiger partial charge >= 0.3 is 18.0 Å². The summed E-state index contributed by atoms with van der Waals surface area (Å²) in [6, 6.07) is 18.9. The number of aliphatic carboxylic acids is 1. The zero-order chi connectivity index (χ0) is 30.5. The highest BCUT2D eigenvalue weighted by atomic mass is 32.2. The lowest BCUT2D eigenvalue weighted by atomic mass is 9.87. The lowest BCUT2D eigenvalue weighted by Gasteiger charge is -2.48. The molecule has 2 atom stereocenters. The van der Waals surface area contributed by atoms with Crippen molar-refractivity contribution < 1.29 is 46.5 Å². The molecular weight excluding hydrogens is 571 g/mol. The molecule has 4 rings (SSSR count). The molecular formula is C29H29FN2O9S. The molecule has 0 saturated carbocycles. The van der Waals surface area contributed by atoms with Gasteiger partial charge in [0.1, 0.15) is 17.6 Å². The van der Waals surface area contributed by atoms with E-state index < -0.39 is 51.8 Å². The maximum Gasteiger partial charge on any atom is 0.410 e. The lowest BCUT2D eigenvalue weighted by Crippen LogP contribution is -2.64. The summed E-state index contributed by atoms with van der Waals surface area (Å²) in [6.45, 7) is 2.31. The summed E-state index contributed by atoms with van der Waals surface area (Å²) in [7, 11) is -4.04. The standard InChI is InChI=1S/C29H29FN2O9S/c1-19(33)39-20(2)40-28(36)31-26(27(34)35)15-21-8-6-13-25(14-21)42(37,38)32-17-29(18-32,22-9-4-3-5-10-22)41-24-12-7-11-23(30)16-24/h3-14,16,20,26H,15,17-18H2,1-2H3,(H,31,36)(H,34,35)/t20-,26?/m0/s1. The summed E-state index contributed by atoms with van der Waals surface area (Å²) in [5.41, 5.74) is -0.0100. The predicted molar refractivity (Wildman–Crippen MR) is 146 cm³/mol. The number of esters is 1. The van der Waals surface area contributed by atoms with Crippen LogP contribution in [0, 0.1) is 5.82 Å². The topological polar surface area (TPSA) is 149 Å². The minimum absolute atomic E-state index is 0.0498. The van der Waals surface area contributed by atoms with Gasteiger partial charge in [-0.3, -0.25) is 4.79 Å². The highest BCUT2D eigenvalue weighted by molar-refractivity contribution is 7.89. The van der Waals surface area contributed by atoms with Gasteiger partial charge in [0.05, 0.1) is 18.0 Å². The van der Waals surface area contributed by atoms with Crippen LogP contribution >= 0.6 is 0 Å². The molecule has 222 valence electrons. The van der Waals surface area contributed by atoms with Gasteiger partial charge in [-0.05, 0) is 35.4 Å². The number of carboxylic acids is 1. The van der Waals surface area contributed by atoms with Crippen molar-refractivity contribution in [3.8, 4) is 5.75 Å². The Balaban J connectivity index is 1.49. The van der Waals surface area contributed by atoms with Crippen LogP contribution in [0.1, 0.15) is 25.0 Å². The Morgan fingerprint density at radius 1 is 1.00 bits per heavy atom. The molecule has 2 N–H and O–H groups in total. The number of amides is 1. The molecule has 42 heavy (non-hydrogen) atoms. The molecule has 3 aromatic carbocycles. The Morgan fingerprint density at radius 2 is 1.69 bits per heavy atom. The zero-order valence-electron chi connectivity index (χ0n) is 22.7. The number of nitrogens with zero attached hydrogens (tertiary/aromatic N) is 1. The minimum atomic E-state index is -4.04. The largest absolute Gasteiger partial charge is 0.480 e. The number of carboxylic acid groups (broad SMARTS) is 1. The van der Waals surface area contributed by atoms with Gasteiger partial charge in [-0.2, -0.15) is 4.31 Å². The van der Waals surface area contributed by atoms with E-state index in [9.17, 15) is 32.3 Å². The number of rotatable bonds is 11. The molecule has 1 aliphatic heterocycles. The molecule has 0 radical (unpaired) electrons. The van der Waals surface area contributed by atoms with Crippen LogP contribution in [0.4, 0.5) is 9.18 Å². The molecule has 1 aliphatic rings. The van der Waals surface area contributed by atoms with E-state index in [-0.39, 0.29) is 30.2 Å². The third kappa shape index (κ3) is 7.22. The normalized spacial score (nSPS) is 15.9. The maximum absolute atomic E-state index is 13.8. The van der Waals surface area contributed by atoms with Crippen LogP contribution in [0.5, 0.6) is 5.75 Å². The van der Waals surface area contributed by atoms with Crippen molar-refractivity contribution >= 4 is 28.1 Å². The fourth-order valence-electron chi connectivity index (χ4n) is 4.50. The number of ether oxygens (including phenoxy) is 3. The molecule has 11 nitrogen and oxygen atoms in total. The maximum atomic E-state index is 13.8. The van der Waals surface area contributed by atoms with E-state index in [4.69, 9.17) is 9.47 Å². The quantitative estimate of drug-likeness (QED) is 0.249. The van der Waals surface area contributed by atoms with Gasteiger partial charge < -0.3 is 24.6 Å². The fourth-order valence-corrected chi connectivity index (χ4v) is 6.11. The number of carbonyl (C=O) groups excluding carboxylic acids is 2. The molecule has 13 heteroatoms. The minimum Gasteiger partial charge on any atom is -0.480 e. The molecule has 1 heterocycles. The van der Waals surface area contributed by atoms with Gasteiger partial charge in [-0.15, -0.1) is 0 Å². The van der Waals surface area contributed by atoms with Crippen LogP contribution in [0.25, 0.3) is 0 Å². The van der Waals surface area contributed by atoms with E-state index in [1.165, 1.54) is 53.7 Å². The van der Waals surface area contributed by atoms with Crippen LogP contribution in [-0.2, 0) is 41.1 Å². The van der Waals surface area contributed by atoms with Crippen LogP contribution in [0.2, 0.25) is 0 Å². The van der Waals surface area contributed by atoms with Crippen molar-refractivity contribution in [2.45, 2.75) is 43.1 Å². The van der Waals surface area contributed by atoms with Crippen molar-refractivity contribution in [3.05, 3.63) is 95.8 Å². The molecule has 0 spiro atoms. The molecule has 1 saturated heterocycles. The Bertz CT molecular complexity index is 1560. The highest BCUT2D eigenvalue weighted by Crippen LogP contribution is 2.40. The second kappa shape index (κ2) is 12.6. The number of sulfonamides is 1. The smallest absolute Gasteiger partial charge is 0.410 e. The summed E-state index contributed by atoms with van der Waals surface area (Å²) in [6.07, 6.45) is -2.63. The van der Waals surface area contributed by atoms with Gasteiger partial charge in [0.25, 0.3) is 0 Å².